The second-order valence-corrected chi connectivity index (χ2v) is 5.45. The van der Waals surface area contributed by atoms with Crippen LogP contribution in [0, 0.1) is 10.1 Å². The summed E-state index contributed by atoms with van der Waals surface area (Å²) in [4.78, 5) is 32.9. The Balaban J connectivity index is 1.99. The molecule has 0 radical (unpaired) electrons. The van der Waals surface area contributed by atoms with E-state index in [2.05, 4.69) is 10.5 Å². The fraction of sp³-hybridized carbons (Fsp3) is 0.167. The SMILES string of the molecule is COc1cc(/C=N/NC(=O)Cc2ccccc2[N+](=O)[O-])ccc1OCC(=O)O. The van der Waals surface area contributed by atoms with Gasteiger partial charge < -0.3 is 14.6 Å². The summed E-state index contributed by atoms with van der Waals surface area (Å²) in [7, 11) is 1.40. The van der Waals surface area contributed by atoms with E-state index < -0.39 is 23.4 Å². The van der Waals surface area contributed by atoms with E-state index in [0.29, 0.717) is 11.3 Å². The minimum absolute atomic E-state index is 0.136. The summed E-state index contributed by atoms with van der Waals surface area (Å²) in [6.07, 6.45) is 1.15. The molecular formula is C18H17N3O7. The first kappa shape index (κ1) is 20.4. The Labute approximate surface area is 159 Å². The highest BCUT2D eigenvalue weighted by molar-refractivity contribution is 5.84. The maximum Gasteiger partial charge on any atom is 0.341 e. The minimum atomic E-state index is -1.12. The molecule has 1 amide bonds. The third-order valence-corrected chi connectivity index (χ3v) is 3.48. The summed E-state index contributed by atoms with van der Waals surface area (Å²) < 4.78 is 10.2. The molecule has 0 saturated carbocycles. The molecule has 2 aromatic rings. The van der Waals surface area contributed by atoms with Crippen LogP contribution in [0.5, 0.6) is 11.5 Å². The van der Waals surface area contributed by atoms with Crippen molar-refractivity contribution in [2.75, 3.05) is 13.7 Å². The number of hydrogen-bond acceptors (Lipinski definition) is 7. The van der Waals surface area contributed by atoms with Gasteiger partial charge in [-0.3, -0.25) is 14.9 Å². The van der Waals surface area contributed by atoms with Crippen LogP contribution in [0.15, 0.2) is 47.6 Å². The van der Waals surface area contributed by atoms with Crippen molar-refractivity contribution < 1.29 is 29.1 Å². The van der Waals surface area contributed by atoms with Gasteiger partial charge >= 0.3 is 5.97 Å². The summed E-state index contributed by atoms with van der Waals surface area (Å²) >= 11 is 0. The molecule has 2 N–H and O–H groups in total. The molecule has 0 aliphatic rings. The average Bonchev–Trinajstić information content (AvgIpc) is 2.66. The zero-order chi connectivity index (χ0) is 20.5. The van der Waals surface area contributed by atoms with Gasteiger partial charge in [0.15, 0.2) is 18.1 Å². The highest BCUT2D eigenvalue weighted by atomic mass is 16.6. The number of hydrazone groups is 1. The van der Waals surface area contributed by atoms with Crippen molar-refractivity contribution in [1.82, 2.24) is 5.43 Å². The molecule has 10 nitrogen and oxygen atoms in total. The first-order valence-corrected chi connectivity index (χ1v) is 7.97. The predicted molar refractivity (Wildman–Crippen MR) is 98.7 cm³/mol. The lowest BCUT2D eigenvalue weighted by atomic mass is 10.1. The number of carbonyl (C=O) groups excluding carboxylic acids is 1. The summed E-state index contributed by atoms with van der Waals surface area (Å²) in [5, 5.41) is 23.4. The zero-order valence-corrected chi connectivity index (χ0v) is 14.8. The van der Waals surface area contributed by atoms with Gasteiger partial charge in [-0.15, -0.1) is 0 Å². The van der Waals surface area contributed by atoms with Gasteiger partial charge in [0.25, 0.3) is 5.69 Å². The number of aliphatic carboxylic acids is 1. The van der Waals surface area contributed by atoms with Crippen molar-refractivity contribution in [2.24, 2.45) is 5.10 Å². The lowest BCUT2D eigenvalue weighted by Crippen LogP contribution is -2.20. The molecule has 0 atom stereocenters. The van der Waals surface area contributed by atoms with Crippen LogP contribution in [0.1, 0.15) is 11.1 Å². The predicted octanol–water partition coefficient (Wildman–Crippen LogP) is 1.76. The highest BCUT2D eigenvalue weighted by Crippen LogP contribution is 2.27. The Morgan fingerprint density at radius 1 is 1.25 bits per heavy atom. The molecule has 2 aromatic carbocycles. The zero-order valence-electron chi connectivity index (χ0n) is 14.8. The number of hydrogen-bond donors (Lipinski definition) is 2. The van der Waals surface area contributed by atoms with Crippen molar-refractivity contribution in [3.05, 3.63) is 63.7 Å². The molecule has 0 fully saturated rings. The largest absolute Gasteiger partial charge is 0.493 e. The smallest absolute Gasteiger partial charge is 0.341 e. The van der Waals surface area contributed by atoms with E-state index in [1.54, 1.807) is 18.2 Å². The van der Waals surface area contributed by atoms with Gasteiger partial charge in [0.1, 0.15) is 0 Å². The van der Waals surface area contributed by atoms with Gasteiger partial charge in [-0.25, -0.2) is 10.2 Å². The van der Waals surface area contributed by atoms with Crippen LogP contribution in [0.3, 0.4) is 0 Å². The molecule has 10 heteroatoms. The third-order valence-electron chi connectivity index (χ3n) is 3.48. The number of carboxylic acid groups (broad SMARTS) is 1. The van der Waals surface area contributed by atoms with Gasteiger partial charge in [-0.1, -0.05) is 18.2 Å². The normalized spacial score (nSPS) is 10.5. The number of methoxy groups -OCH3 is 1. The van der Waals surface area contributed by atoms with Gasteiger partial charge in [-0.2, -0.15) is 5.10 Å². The van der Waals surface area contributed by atoms with Crippen LogP contribution in [-0.4, -0.2) is 41.8 Å². The monoisotopic (exact) mass is 387 g/mol. The lowest BCUT2D eigenvalue weighted by molar-refractivity contribution is -0.385. The Bertz CT molecular complexity index is 912. The molecule has 0 aliphatic heterocycles. The number of benzene rings is 2. The van der Waals surface area contributed by atoms with Crippen LogP contribution in [-0.2, 0) is 16.0 Å². The van der Waals surface area contributed by atoms with Gasteiger partial charge in [0.05, 0.1) is 24.7 Å². The van der Waals surface area contributed by atoms with Gasteiger partial charge in [0, 0.05) is 11.6 Å². The maximum atomic E-state index is 12.0. The second-order valence-electron chi connectivity index (χ2n) is 5.45. The van der Waals surface area contributed by atoms with E-state index in [9.17, 15) is 19.7 Å². The molecule has 2 rings (SSSR count). The molecule has 0 aromatic heterocycles. The number of carbonyl (C=O) groups is 2. The van der Waals surface area contributed by atoms with Crippen molar-refractivity contribution in [3.63, 3.8) is 0 Å². The first-order valence-electron chi connectivity index (χ1n) is 7.97. The number of nitrogens with one attached hydrogen (secondary N) is 1. The Kier molecular flexibility index (Phi) is 7.03. The fourth-order valence-corrected chi connectivity index (χ4v) is 2.25. The number of nitro groups is 1. The molecule has 0 saturated heterocycles. The van der Waals surface area contributed by atoms with Crippen molar-refractivity contribution >= 4 is 23.8 Å². The summed E-state index contributed by atoms with van der Waals surface area (Å²) in [5.74, 6) is -1.08. The van der Waals surface area contributed by atoms with Gasteiger partial charge in [-0.05, 0) is 23.8 Å². The summed E-state index contributed by atoms with van der Waals surface area (Å²) in [5.41, 5.74) is 3.00. The highest BCUT2D eigenvalue weighted by Gasteiger charge is 2.15. The lowest BCUT2D eigenvalue weighted by Gasteiger charge is -2.09. The third kappa shape index (κ3) is 5.80. The molecule has 0 bridgehead atoms. The van der Waals surface area contributed by atoms with E-state index >= 15 is 0 Å². The van der Waals surface area contributed by atoms with Crippen LogP contribution >= 0.6 is 0 Å². The Morgan fingerprint density at radius 2 is 2.00 bits per heavy atom. The van der Waals surface area contributed by atoms with Crippen LogP contribution in [0.2, 0.25) is 0 Å². The van der Waals surface area contributed by atoms with Crippen LogP contribution < -0.4 is 14.9 Å². The molecule has 0 aliphatic carbocycles. The maximum absolute atomic E-state index is 12.0. The Morgan fingerprint density at radius 3 is 2.68 bits per heavy atom. The average molecular weight is 387 g/mol. The van der Waals surface area contributed by atoms with Crippen LogP contribution in [0.25, 0.3) is 0 Å². The number of nitro benzene ring substituents is 1. The van der Waals surface area contributed by atoms with E-state index in [-0.39, 0.29) is 23.4 Å². The molecular weight excluding hydrogens is 370 g/mol. The van der Waals surface area contributed by atoms with E-state index in [4.69, 9.17) is 14.6 Å². The van der Waals surface area contributed by atoms with Crippen LogP contribution in [0.4, 0.5) is 5.69 Å². The summed E-state index contributed by atoms with van der Waals surface area (Å²) in [6, 6.07) is 10.6. The Hall–Kier alpha value is -3.95. The molecule has 28 heavy (non-hydrogen) atoms. The minimum Gasteiger partial charge on any atom is -0.493 e. The van der Waals surface area contributed by atoms with E-state index in [1.165, 1.54) is 37.6 Å². The number of rotatable bonds is 9. The molecule has 0 heterocycles. The first-order chi connectivity index (χ1) is 13.4. The van der Waals surface area contributed by atoms with Crippen molar-refractivity contribution in [1.29, 1.82) is 0 Å². The molecule has 146 valence electrons. The number of ether oxygens (including phenoxy) is 2. The fourth-order valence-electron chi connectivity index (χ4n) is 2.25. The van der Waals surface area contributed by atoms with Crippen molar-refractivity contribution in [2.45, 2.75) is 6.42 Å². The quantitative estimate of drug-likeness (QED) is 0.379. The summed E-state index contributed by atoms with van der Waals surface area (Å²) in [6.45, 7) is -0.508. The number of nitrogens with zero attached hydrogens (tertiary/aromatic N) is 2. The second kappa shape index (κ2) is 9.67. The van der Waals surface area contributed by atoms with Crippen molar-refractivity contribution in [3.8, 4) is 11.5 Å². The van der Waals surface area contributed by atoms with E-state index in [0.717, 1.165) is 0 Å². The molecule has 0 spiro atoms. The molecule has 0 unspecified atom stereocenters. The number of para-hydroxylation sites is 1. The standard InChI is InChI=1S/C18H17N3O7/c1-27-16-8-12(6-7-15(16)28-11-18(23)24)10-19-20-17(22)9-13-4-2-3-5-14(13)21(25)26/h2-8,10H,9,11H2,1H3,(H,20,22)(H,23,24)/b19-10+. The topological polar surface area (TPSA) is 140 Å². The number of carboxylic acids is 1. The van der Waals surface area contributed by atoms with E-state index in [1.807, 2.05) is 0 Å². The van der Waals surface area contributed by atoms with Gasteiger partial charge in [0.2, 0.25) is 5.91 Å². The number of amides is 1.